The molecule has 3 heteroatoms. The first-order chi connectivity index (χ1) is 5.27. The summed E-state index contributed by atoms with van der Waals surface area (Å²) in [6.45, 7) is 1.98. The van der Waals surface area contributed by atoms with Gasteiger partial charge in [-0.25, -0.2) is 4.98 Å². The van der Waals surface area contributed by atoms with Gasteiger partial charge in [0.25, 0.3) is 0 Å². The molecule has 1 aliphatic carbocycles. The van der Waals surface area contributed by atoms with Crippen molar-refractivity contribution in [2.24, 2.45) is 5.73 Å². The molecule has 60 valence electrons. The smallest absolute Gasteiger partial charge is 0.0959 e. The van der Waals surface area contributed by atoms with Crippen LogP contribution in [0.2, 0.25) is 0 Å². The zero-order valence-electron chi connectivity index (χ0n) is 6.58. The van der Waals surface area contributed by atoms with Crippen molar-refractivity contribution in [3.8, 4) is 0 Å². The highest BCUT2D eigenvalue weighted by atomic mass is 32.1. The minimum atomic E-state index is 0.0961. The quantitative estimate of drug-likeness (QED) is 0.734. The molecule has 0 bridgehead atoms. The Kier molecular flexibility index (Phi) is 1.69. The van der Waals surface area contributed by atoms with Gasteiger partial charge in [0, 0.05) is 17.3 Å². The average Bonchev–Trinajstić information content (AvgIpc) is 2.68. The lowest BCUT2D eigenvalue weighted by Crippen LogP contribution is -2.04. The number of nitrogens with zero attached hydrogens (tertiary/aromatic N) is 1. The molecule has 1 unspecified atom stereocenters. The monoisotopic (exact) mass is 168 g/mol. The van der Waals surface area contributed by atoms with Crippen molar-refractivity contribution in [3.63, 3.8) is 0 Å². The summed E-state index contributed by atoms with van der Waals surface area (Å²) >= 11 is 1.76. The zero-order chi connectivity index (χ0) is 7.84. The maximum absolute atomic E-state index is 5.69. The van der Waals surface area contributed by atoms with Gasteiger partial charge in [0.2, 0.25) is 0 Å². The van der Waals surface area contributed by atoms with E-state index in [4.69, 9.17) is 5.73 Å². The summed E-state index contributed by atoms with van der Waals surface area (Å²) in [4.78, 5) is 4.47. The van der Waals surface area contributed by atoms with E-state index >= 15 is 0 Å². The Labute approximate surface area is 70.5 Å². The zero-order valence-corrected chi connectivity index (χ0v) is 7.40. The standard InChI is InChI=1S/C8H12N2S/c1-5(9)7-4-11-8(10-7)6-2-3-6/h4-6H,2-3,9H2,1H3. The van der Waals surface area contributed by atoms with E-state index in [0.717, 1.165) is 11.6 Å². The van der Waals surface area contributed by atoms with Crippen molar-refractivity contribution in [2.45, 2.75) is 31.7 Å². The molecule has 0 aliphatic heterocycles. The third-order valence-corrected chi connectivity index (χ3v) is 2.96. The molecule has 2 rings (SSSR count). The highest BCUT2D eigenvalue weighted by molar-refractivity contribution is 7.09. The summed E-state index contributed by atoms with van der Waals surface area (Å²) in [5, 5.41) is 3.37. The summed E-state index contributed by atoms with van der Waals surface area (Å²) < 4.78 is 0. The van der Waals surface area contributed by atoms with E-state index in [-0.39, 0.29) is 6.04 Å². The Bertz CT molecular complexity index is 234. The van der Waals surface area contributed by atoms with Gasteiger partial charge in [-0.15, -0.1) is 11.3 Å². The van der Waals surface area contributed by atoms with Crippen LogP contribution >= 0.6 is 11.3 Å². The van der Waals surface area contributed by atoms with E-state index in [1.54, 1.807) is 11.3 Å². The lowest BCUT2D eigenvalue weighted by molar-refractivity contribution is 0.782. The second-order valence-corrected chi connectivity index (χ2v) is 4.06. The van der Waals surface area contributed by atoms with Gasteiger partial charge in [0.1, 0.15) is 0 Å². The van der Waals surface area contributed by atoms with E-state index in [2.05, 4.69) is 10.4 Å². The Hall–Kier alpha value is -0.410. The van der Waals surface area contributed by atoms with Crippen LogP contribution in [0.5, 0.6) is 0 Å². The SMILES string of the molecule is CC(N)c1csc(C2CC2)n1. The summed E-state index contributed by atoms with van der Waals surface area (Å²) in [5.41, 5.74) is 6.74. The van der Waals surface area contributed by atoms with Gasteiger partial charge in [0.15, 0.2) is 0 Å². The van der Waals surface area contributed by atoms with Crippen molar-refractivity contribution >= 4 is 11.3 Å². The molecule has 2 nitrogen and oxygen atoms in total. The predicted molar refractivity (Wildman–Crippen MR) is 46.7 cm³/mol. The van der Waals surface area contributed by atoms with Crippen molar-refractivity contribution in [2.75, 3.05) is 0 Å². The third-order valence-electron chi connectivity index (χ3n) is 1.93. The Morgan fingerprint density at radius 3 is 2.91 bits per heavy atom. The molecule has 0 radical (unpaired) electrons. The number of nitrogens with two attached hydrogens (primary N) is 1. The molecular weight excluding hydrogens is 156 g/mol. The molecule has 2 N–H and O–H groups in total. The van der Waals surface area contributed by atoms with Crippen LogP contribution in [0.1, 0.15) is 42.4 Å². The molecule has 1 aromatic rings. The van der Waals surface area contributed by atoms with Crippen LogP contribution in [0.4, 0.5) is 0 Å². The fourth-order valence-electron chi connectivity index (χ4n) is 1.03. The van der Waals surface area contributed by atoms with E-state index in [1.165, 1.54) is 17.8 Å². The molecule has 1 fully saturated rings. The molecule has 1 aromatic heterocycles. The van der Waals surface area contributed by atoms with Gasteiger partial charge in [-0.1, -0.05) is 0 Å². The van der Waals surface area contributed by atoms with Crippen LogP contribution in [0.25, 0.3) is 0 Å². The molecular formula is C8H12N2S. The average molecular weight is 168 g/mol. The van der Waals surface area contributed by atoms with Gasteiger partial charge >= 0.3 is 0 Å². The first-order valence-corrected chi connectivity index (χ1v) is 4.86. The lowest BCUT2D eigenvalue weighted by atomic mass is 10.3. The van der Waals surface area contributed by atoms with Crippen LogP contribution in [0.15, 0.2) is 5.38 Å². The fourth-order valence-corrected chi connectivity index (χ4v) is 2.12. The minimum absolute atomic E-state index is 0.0961. The van der Waals surface area contributed by atoms with Crippen LogP contribution in [-0.4, -0.2) is 4.98 Å². The van der Waals surface area contributed by atoms with E-state index in [1.807, 2.05) is 6.92 Å². The van der Waals surface area contributed by atoms with Crippen molar-refractivity contribution in [3.05, 3.63) is 16.1 Å². The molecule has 0 aromatic carbocycles. The Morgan fingerprint density at radius 2 is 2.45 bits per heavy atom. The first-order valence-electron chi connectivity index (χ1n) is 3.98. The molecule has 1 heterocycles. The molecule has 11 heavy (non-hydrogen) atoms. The lowest BCUT2D eigenvalue weighted by Gasteiger charge is -1.96. The van der Waals surface area contributed by atoms with E-state index < -0.39 is 0 Å². The van der Waals surface area contributed by atoms with Crippen LogP contribution < -0.4 is 5.73 Å². The number of aromatic nitrogens is 1. The van der Waals surface area contributed by atoms with Gasteiger partial charge < -0.3 is 5.73 Å². The van der Waals surface area contributed by atoms with Crippen LogP contribution in [-0.2, 0) is 0 Å². The van der Waals surface area contributed by atoms with Crippen LogP contribution in [0.3, 0.4) is 0 Å². The Balaban J connectivity index is 2.18. The summed E-state index contributed by atoms with van der Waals surface area (Å²) in [7, 11) is 0. The second kappa shape index (κ2) is 2.57. The number of hydrogen-bond donors (Lipinski definition) is 1. The minimum Gasteiger partial charge on any atom is -0.323 e. The Morgan fingerprint density at radius 1 is 1.73 bits per heavy atom. The van der Waals surface area contributed by atoms with Crippen molar-refractivity contribution < 1.29 is 0 Å². The normalized spacial score (nSPS) is 20.2. The number of hydrogen-bond acceptors (Lipinski definition) is 3. The summed E-state index contributed by atoms with van der Waals surface area (Å²) in [6, 6.07) is 0.0961. The summed E-state index contributed by atoms with van der Waals surface area (Å²) in [6.07, 6.45) is 2.65. The van der Waals surface area contributed by atoms with E-state index in [0.29, 0.717) is 0 Å². The fraction of sp³-hybridized carbons (Fsp3) is 0.625. The van der Waals surface area contributed by atoms with E-state index in [9.17, 15) is 0 Å². The first kappa shape index (κ1) is 7.25. The number of thiazole rings is 1. The van der Waals surface area contributed by atoms with Crippen molar-refractivity contribution in [1.82, 2.24) is 4.98 Å². The van der Waals surface area contributed by atoms with Crippen molar-refractivity contribution in [1.29, 1.82) is 0 Å². The molecule has 0 amide bonds. The predicted octanol–water partition coefficient (Wildman–Crippen LogP) is 2.04. The molecule has 1 aliphatic rings. The highest BCUT2D eigenvalue weighted by Gasteiger charge is 2.26. The molecule has 0 spiro atoms. The van der Waals surface area contributed by atoms with Gasteiger partial charge in [-0.05, 0) is 19.8 Å². The second-order valence-electron chi connectivity index (χ2n) is 3.17. The molecule has 1 saturated carbocycles. The van der Waals surface area contributed by atoms with Gasteiger partial charge in [-0.3, -0.25) is 0 Å². The van der Waals surface area contributed by atoms with Crippen LogP contribution in [0, 0.1) is 0 Å². The van der Waals surface area contributed by atoms with Gasteiger partial charge in [0.05, 0.1) is 10.7 Å². The number of rotatable bonds is 2. The maximum atomic E-state index is 5.69. The highest BCUT2D eigenvalue weighted by Crippen LogP contribution is 2.41. The molecule has 0 saturated heterocycles. The third kappa shape index (κ3) is 1.44. The topological polar surface area (TPSA) is 38.9 Å². The maximum Gasteiger partial charge on any atom is 0.0959 e. The summed E-state index contributed by atoms with van der Waals surface area (Å²) in [5.74, 6) is 0.771. The largest absolute Gasteiger partial charge is 0.323 e. The molecule has 1 atom stereocenters. The van der Waals surface area contributed by atoms with Gasteiger partial charge in [-0.2, -0.15) is 0 Å².